The van der Waals surface area contributed by atoms with Gasteiger partial charge in [0.05, 0.1) is 12.7 Å². The van der Waals surface area contributed by atoms with Crippen LogP contribution in [0.15, 0.2) is 45.6 Å². The van der Waals surface area contributed by atoms with Crippen LogP contribution in [0.5, 0.6) is 0 Å². The second-order valence-corrected chi connectivity index (χ2v) is 6.45. The molecule has 1 fully saturated rings. The van der Waals surface area contributed by atoms with Crippen LogP contribution in [0.2, 0.25) is 0 Å². The maximum absolute atomic E-state index is 12.4. The SMILES string of the molecule is Cc1cc(CCc2ccccc2)oc(=O)c1C(=O)NCC1CNCCO1. The van der Waals surface area contributed by atoms with E-state index in [1.54, 1.807) is 13.0 Å². The summed E-state index contributed by atoms with van der Waals surface area (Å²) in [5.74, 6) is 0.174. The predicted molar refractivity (Wildman–Crippen MR) is 98.5 cm³/mol. The summed E-state index contributed by atoms with van der Waals surface area (Å²) in [5.41, 5.74) is 1.28. The summed E-state index contributed by atoms with van der Waals surface area (Å²) in [4.78, 5) is 24.7. The van der Waals surface area contributed by atoms with Crippen molar-refractivity contribution in [3.05, 3.63) is 69.3 Å². The molecular formula is C20H24N2O4. The first-order valence-corrected chi connectivity index (χ1v) is 8.91. The highest BCUT2D eigenvalue weighted by Crippen LogP contribution is 2.10. The summed E-state index contributed by atoms with van der Waals surface area (Å²) in [7, 11) is 0. The molecule has 0 aliphatic carbocycles. The molecule has 1 aromatic heterocycles. The minimum absolute atomic E-state index is 0.0669. The van der Waals surface area contributed by atoms with E-state index in [4.69, 9.17) is 9.15 Å². The van der Waals surface area contributed by atoms with Gasteiger partial charge in [-0.05, 0) is 30.5 Å². The van der Waals surface area contributed by atoms with E-state index in [0.29, 0.717) is 37.4 Å². The van der Waals surface area contributed by atoms with Crippen LogP contribution < -0.4 is 16.3 Å². The smallest absolute Gasteiger partial charge is 0.349 e. The third kappa shape index (κ3) is 4.80. The number of nitrogens with one attached hydrogen (secondary N) is 2. The molecule has 1 aliphatic rings. The van der Waals surface area contributed by atoms with Crippen LogP contribution in [0.4, 0.5) is 0 Å². The number of ether oxygens (including phenoxy) is 1. The second kappa shape index (κ2) is 8.78. The first kappa shape index (κ1) is 18.4. The Hall–Kier alpha value is -2.44. The fourth-order valence-corrected chi connectivity index (χ4v) is 3.03. The highest BCUT2D eigenvalue weighted by Gasteiger charge is 2.19. The van der Waals surface area contributed by atoms with Gasteiger partial charge in [-0.3, -0.25) is 4.79 Å². The summed E-state index contributed by atoms with van der Waals surface area (Å²) in [6.07, 6.45) is 1.31. The van der Waals surface area contributed by atoms with Crippen molar-refractivity contribution in [3.8, 4) is 0 Å². The van der Waals surface area contributed by atoms with Crippen LogP contribution in [-0.4, -0.2) is 38.3 Å². The Labute approximate surface area is 152 Å². The fraction of sp³-hybridized carbons (Fsp3) is 0.400. The number of hydrogen-bond acceptors (Lipinski definition) is 5. The predicted octanol–water partition coefficient (Wildman–Crippen LogP) is 1.45. The topological polar surface area (TPSA) is 80.6 Å². The molecule has 6 heteroatoms. The standard InChI is InChI=1S/C20H24N2O4/c1-14-11-16(8-7-15-5-3-2-4-6-15)26-20(24)18(14)19(23)22-13-17-12-21-9-10-25-17/h2-6,11,17,21H,7-10,12-13H2,1H3,(H,22,23). The molecule has 2 N–H and O–H groups in total. The van der Waals surface area contributed by atoms with Crippen molar-refractivity contribution in [2.75, 3.05) is 26.2 Å². The van der Waals surface area contributed by atoms with E-state index in [1.807, 2.05) is 30.3 Å². The Balaban J connectivity index is 1.62. The van der Waals surface area contributed by atoms with Gasteiger partial charge in [0.2, 0.25) is 0 Å². The molecule has 1 unspecified atom stereocenters. The summed E-state index contributed by atoms with van der Waals surface area (Å²) in [6, 6.07) is 11.8. The molecule has 1 amide bonds. The van der Waals surface area contributed by atoms with Gasteiger partial charge in [-0.15, -0.1) is 0 Å². The number of aryl methyl sites for hydroxylation is 3. The summed E-state index contributed by atoms with van der Waals surface area (Å²) in [5, 5.41) is 5.96. The van der Waals surface area contributed by atoms with E-state index in [2.05, 4.69) is 10.6 Å². The van der Waals surface area contributed by atoms with Crippen molar-refractivity contribution in [1.82, 2.24) is 10.6 Å². The lowest BCUT2D eigenvalue weighted by Crippen LogP contribution is -2.45. The van der Waals surface area contributed by atoms with E-state index in [9.17, 15) is 9.59 Å². The van der Waals surface area contributed by atoms with Crippen LogP contribution in [0, 0.1) is 6.92 Å². The van der Waals surface area contributed by atoms with Gasteiger partial charge in [0.25, 0.3) is 5.91 Å². The van der Waals surface area contributed by atoms with Crippen LogP contribution in [0.3, 0.4) is 0 Å². The number of morpholine rings is 1. The molecule has 0 bridgehead atoms. The molecule has 0 saturated carbocycles. The molecule has 3 rings (SSSR count). The van der Waals surface area contributed by atoms with E-state index in [1.165, 1.54) is 5.56 Å². The number of carbonyl (C=O) groups excluding carboxylic acids is 1. The number of amides is 1. The number of benzene rings is 1. The molecule has 2 heterocycles. The van der Waals surface area contributed by atoms with E-state index in [0.717, 1.165) is 13.0 Å². The zero-order valence-corrected chi connectivity index (χ0v) is 14.9. The lowest BCUT2D eigenvalue weighted by atomic mass is 10.1. The molecule has 2 aromatic rings. The zero-order valence-electron chi connectivity index (χ0n) is 14.9. The van der Waals surface area contributed by atoms with Gasteiger partial charge in [-0.1, -0.05) is 30.3 Å². The second-order valence-electron chi connectivity index (χ2n) is 6.45. The van der Waals surface area contributed by atoms with Crippen molar-refractivity contribution < 1.29 is 13.9 Å². The Bertz CT molecular complexity index is 795. The molecule has 138 valence electrons. The molecule has 6 nitrogen and oxygen atoms in total. The minimum atomic E-state index is -0.590. The number of carbonyl (C=O) groups is 1. The van der Waals surface area contributed by atoms with Gasteiger partial charge >= 0.3 is 5.63 Å². The van der Waals surface area contributed by atoms with Crippen molar-refractivity contribution in [2.45, 2.75) is 25.9 Å². The molecular weight excluding hydrogens is 332 g/mol. The zero-order chi connectivity index (χ0) is 18.4. The monoisotopic (exact) mass is 356 g/mol. The van der Waals surface area contributed by atoms with Gasteiger partial charge in [0, 0.05) is 26.1 Å². The van der Waals surface area contributed by atoms with Gasteiger partial charge in [-0.2, -0.15) is 0 Å². The fourth-order valence-electron chi connectivity index (χ4n) is 3.03. The Morgan fingerprint density at radius 1 is 1.27 bits per heavy atom. The normalized spacial score (nSPS) is 17.0. The molecule has 26 heavy (non-hydrogen) atoms. The first-order valence-electron chi connectivity index (χ1n) is 8.91. The summed E-state index contributed by atoms with van der Waals surface area (Å²) >= 11 is 0. The number of hydrogen-bond donors (Lipinski definition) is 2. The van der Waals surface area contributed by atoms with Crippen LogP contribution >= 0.6 is 0 Å². The molecule has 1 aromatic carbocycles. The minimum Gasteiger partial charge on any atom is -0.427 e. The molecule has 1 saturated heterocycles. The number of rotatable bonds is 6. The Kier molecular flexibility index (Phi) is 6.20. The quantitative estimate of drug-likeness (QED) is 0.819. The third-order valence-electron chi connectivity index (χ3n) is 4.42. The van der Waals surface area contributed by atoms with E-state index >= 15 is 0 Å². The van der Waals surface area contributed by atoms with Gasteiger partial charge in [-0.25, -0.2) is 4.79 Å². The Morgan fingerprint density at radius 3 is 2.77 bits per heavy atom. The summed E-state index contributed by atoms with van der Waals surface area (Å²) < 4.78 is 10.9. The maximum Gasteiger partial charge on any atom is 0.349 e. The molecule has 1 atom stereocenters. The van der Waals surface area contributed by atoms with Gasteiger partial charge < -0.3 is 19.8 Å². The molecule has 0 radical (unpaired) electrons. The first-order chi connectivity index (χ1) is 12.6. The van der Waals surface area contributed by atoms with Crippen molar-refractivity contribution in [2.24, 2.45) is 0 Å². The highest BCUT2D eigenvalue weighted by molar-refractivity contribution is 5.95. The lowest BCUT2D eigenvalue weighted by Gasteiger charge is -2.23. The van der Waals surface area contributed by atoms with Crippen molar-refractivity contribution >= 4 is 5.91 Å². The molecule has 0 spiro atoms. The molecule has 1 aliphatic heterocycles. The van der Waals surface area contributed by atoms with E-state index < -0.39 is 11.5 Å². The van der Waals surface area contributed by atoms with Crippen LogP contribution in [0.25, 0.3) is 0 Å². The van der Waals surface area contributed by atoms with Crippen LogP contribution in [0.1, 0.15) is 27.2 Å². The highest BCUT2D eigenvalue weighted by atomic mass is 16.5. The lowest BCUT2D eigenvalue weighted by molar-refractivity contribution is 0.0286. The maximum atomic E-state index is 12.4. The van der Waals surface area contributed by atoms with Crippen LogP contribution in [-0.2, 0) is 17.6 Å². The van der Waals surface area contributed by atoms with Gasteiger partial charge in [0.15, 0.2) is 0 Å². The Morgan fingerprint density at radius 2 is 2.08 bits per heavy atom. The average molecular weight is 356 g/mol. The van der Waals surface area contributed by atoms with E-state index in [-0.39, 0.29) is 11.7 Å². The van der Waals surface area contributed by atoms with Gasteiger partial charge in [0.1, 0.15) is 11.3 Å². The van der Waals surface area contributed by atoms with Crippen molar-refractivity contribution in [3.63, 3.8) is 0 Å². The largest absolute Gasteiger partial charge is 0.427 e. The average Bonchev–Trinajstić information content (AvgIpc) is 2.66. The summed E-state index contributed by atoms with van der Waals surface area (Å²) in [6.45, 7) is 4.25. The van der Waals surface area contributed by atoms with Crippen molar-refractivity contribution in [1.29, 1.82) is 0 Å². The third-order valence-corrected chi connectivity index (χ3v) is 4.42.